The average molecular weight is 333 g/mol. The molecule has 2 rings (SSSR count). The van der Waals surface area contributed by atoms with Gasteiger partial charge in [-0.2, -0.15) is 0 Å². The first-order valence-corrected chi connectivity index (χ1v) is 7.92. The molecule has 24 heavy (non-hydrogen) atoms. The first-order valence-electron chi connectivity index (χ1n) is 7.92. The number of aryl methyl sites for hydroxylation is 1. The highest BCUT2D eigenvalue weighted by atomic mass is 16.2. The topological polar surface area (TPSA) is 73.4 Å². The van der Waals surface area contributed by atoms with Gasteiger partial charge < -0.3 is 15.1 Å². The molecule has 0 bridgehead atoms. The van der Waals surface area contributed by atoms with Crippen LogP contribution in [-0.4, -0.2) is 57.7 Å². The Morgan fingerprint density at radius 2 is 1.62 bits per heavy atom. The molecule has 7 heteroatoms. The molecule has 0 unspecified atom stereocenters. The first kappa shape index (κ1) is 17.9. The third-order valence-electron chi connectivity index (χ3n) is 5.69. The molecule has 1 aromatic heterocycles. The van der Waals surface area contributed by atoms with Crippen LogP contribution in [0.4, 0.5) is 0 Å². The van der Waals surface area contributed by atoms with E-state index in [1.54, 1.807) is 13.1 Å². The molecule has 0 aromatic carbocycles. The average Bonchev–Trinajstić information content (AvgIpc) is 2.86. The van der Waals surface area contributed by atoms with E-state index in [9.17, 15) is 9.59 Å². The van der Waals surface area contributed by atoms with E-state index in [0.29, 0.717) is 5.56 Å². The van der Waals surface area contributed by atoms with Gasteiger partial charge in [-0.3, -0.25) is 19.4 Å². The summed E-state index contributed by atoms with van der Waals surface area (Å²) in [5.74, 6) is 0.538. The second-order valence-electron chi connectivity index (χ2n) is 7.19. The SMILES string of the molecule is CNC(=O)c1[nH]n(C)c(=O)c1C=C=C1N(C)C(C)(C)C(C)(C)N1C. The van der Waals surface area contributed by atoms with E-state index in [1.165, 1.54) is 11.7 Å². The van der Waals surface area contributed by atoms with Crippen molar-refractivity contribution in [3.8, 4) is 0 Å². The lowest BCUT2D eigenvalue weighted by atomic mass is 9.83. The lowest BCUT2D eigenvalue weighted by Gasteiger charge is -2.40. The molecule has 0 saturated carbocycles. The molecule has 132 valence electrons. The van der Waals surface area contributed by atoms with Crippen molar-refractivity contribution < 1.29 is 4.79 Å². The Morgan fingerprint density at radius 3 is 2.08 bits per heavy atom. The van der Waals surface area contributed by atoms with Gasteiger partial charge in [-0.15, -0.1) is 0 Å². The fraction of sp³-hybridized carbons (Fsp3) is 0.588. The van der Waals surface area contributed by atoms with Crippen LogP contribution in [0.25, 0.3) is 6.08 Å². The molecule has 7 nitrogen and oxygen atoms in total. The summed E-state index contributed by atoms with van der Waals surface area (Å²) in [5, 5.41) is 5.31. The molecule has 0 atom stereocenters. The van der Waals surface area contributed by atoms with Gasteiger partial charge in [-0.25, -0.2) is 0 Å². The zero-order valence-electron chi connectivity index (χ0n) is 15.7. The second kappa shape index (κ2) is 5.60. The van der Waals surface area contributed by atoms with Crippen molar-refractivity contribution in [1.29, 1.82) is 0 Å². The lowest BCUT2D eigenvalue weighted by molar-refractivity contribution is 0.0957. The molecule has 0 radical (unpaired) electrons. The molecule has 1 aliphatic heterocycles. The maximum atomic E-state index is 12.3. The summed E-state index contributed by atoms with van der Waals surface area (Å²) >= 11 is 0. The monoisotopic (exact) mass is 333 g/mol. The molecule has 1 aliphatic rings. The molecule has 0 spiro atoms. The number of likely N-dealkylation sites (N-methyl/N-ethyl adjacent to an activating group) is 2. The predicted octanol–water partition coefficient (Wildman–Crippen LogP) is 0.961. The minimum absolute atomic E-state index is 0.106. The number of amides is 1. The number of hydrogen-bond acceptors (Lipinski definition) is 4. The molecule has 0 aliphatic carbocycles. The van der Waals surface area contributed by atoms with Crippen molar-refractivity contribution in [2.45, 2.75) is 38.8 Å². The Kier molecular flexibility index (Phi) is 4.19. The van der Waals surface area contributed by atoms with Crippen molar-refractivity contribution in [3.63, 3.8) is 0 Å². The predicted molar refractivity (Wildman–Crippen MR) is 94.6 cm³/mol. The van der Waals surface area contributed by atoms with Gasteiger partial charge in [-0.05, 0) is 33.8 Å². The summed E-state index contributed by atoms with van der Waals surface area (Å²) in [7, 11) is 7.13. The molecule has 2 N–H and O–H groups in total. The second-order valence-corrected chi connectivity index (χ2v) is 7.19. The van der Waals surface area contributed by atoms with Crippen molar-refractivity contribution in [3.05, 3.63) is 33.2 Å². The molecule has 2 heterocycles. The van der Waals surface area contributed by atoms with Crippen LogP contribution >= 0.6 is 0 Å². The van der Waals surface area contributed by atoms with Crippen LogP contribution in [-0.2, 0) is 7.05 Å². The Labute approximate surface area is 142 Å². The normalized spacial score (nSPS) is 18.6. The van der Waals surface area contributed by atoms with E-state index in [-0.39, 0.29) is 28.2 Å². The number of rotatable bonds is 2. The van der Waals surface area contributed by atoms with E-state index in [2.05, 4.69) is 53.6 Å². The fourth-order valence-corrected chi connectivity index (χ4v) is 2.90. The molecule has 1 aromatic rings. The Morgan fingerprint density at radius 1 is 1.12 bits per heavy atom. The number of carbonyl (C=O) groups is 1. The third-order valence-corrected chi connectivity index (χ3v) is 5.69. The molecule has 1 fully saturated rings. The maximum Gasteiger partial charge on any atom is 0.274 e. The first-order chi connectivity index (χ1) is 11.0. The number of H-pyrrole nitrogens is 1. The summed E-state index contributed by atoms with van der Waals surface area (Å²) in [6.45, 7) is 8.68. The summed E-state index contributed by atoms with van der Waals surface area (Å²) in [6.07, 6.45) is 1.59. The van der Waals surface area contributed by atoms with Gasteiger partial charge in [0.1, 0.15) is 11.5 Å². The standard InChI is InChI=1S/C17H27N5O2/c1-16(2)17(3,4)21(7)12(20(16)6)10-9-11-13(14(23)18-5)19-22(8)15(11)24/h9,19H,1-8H3,(H,18,23). The third kappa shape index (κ3) is 2.36. The minimum Gasteiger partial charge on any atom is -0.354 e. The van der Waals surface area contributed by atoms with Gasteiger partial charge in [0.05, 0.1) is 16.6 Å². The number of nitrogens with zero attached hydrogens (tertiary/aromatic N) is 3. The molecule has 1 amide bonds. The zero-order chi connectivity index (χ0) is 18.4. The number of hydrogen-bond donors (Lipinski definition) is 2. The van der Waals surface area contributed by atoms with Crippen molar-refractivity contribution in [2.24, 2.45) is 7.05 Å². The van der Waals surface area contributed by atoms with Crippen LogP contribution in [0.2, 0.25) is 0 Å². The van der Waals surface area contributed by atoms with E-state index < -0.39 is 0 Å². The highest BCUT2D eigenvalue weighted by Gasteiger charge is 2.51. The van der Waals surface area contributed by atoms with E-state index in [4.69, 9.17) is 0 Å². The van der Waals surface area contributed by atoms with Gasteiger partial charge >= 0.3 is 0 Å². The largest absolute Gasteiger partial charge is 0.354 e. The van der Waals surface area contributed by atoms with E-state index >= 15 is 0 Å². The van der Waals surface area contributed by atoms with Crippen LogP contribution in [0.1, 0.15) is 43.7 Å². The van der Waals surface area contributed by atoms with Gasteiger partial charge in [0, 0.05) is 28.2 Å². The van der Waals surface area contributed by atoms with Crippen molar-refractivity contribution >= 4 is 12.0 Å². The Balaban J connectivity index is 2.61. The number of aromatic nitrogens is 2. The number of nitrogens with one attached hydrogen (secondary N) is 2. The maximum absolute atomic E-state index is 12.3. The minimum atomic E-state index is -0.334. The Bertz CT molecular complexity index is 768. The van der Waals surface area contributed by atoms with Gasteiger partial charge in [0.15, 0.2) is 0 Å². The highest BCUT2D eigenvalue weighted by molar-refractivity contribution is 5.95. The zero-order valence-corrected chi connectivity index (χ0v) is 15.7. The Hall–Kier alpha value is -2.40. The quantitative estimate of drug-likeness (QED) is 0.791. The summed E-state index contributed by atoms with van der Waals surface area (Å²) in [6, 6.07) is 0. The van der Waals surface area contributed by atoms with Gasteiger partial charge in [0.2, 0.25) is 0 Å². The smallest absolute Gasteiger partial charge is 0.274 e. The fourth-order valence-electron chi connectivity index (χ4n) is 2.90. The van der Waals surface area contributed by atoms with Crippen LogP contribution < -0.4 is 10.9 Å². The van der Waals surface area contributed by atoms with Crippen LogP contribution in [0, 0.1) is 0 Å². The van der Waals surface area contributed by atoms with Crippen molar-refractivity contribution in [1.82, 2.24) is 24.9 Å². The van der Waals surface area contributed by atoms with E-state index in [1.807, 2.05) is 14.1 Å². The summed E-state index contributed by atoms with van der Waals surface area (Å²) in [4.78, 5) is 28.5. The van der Waals surface area contributed by atoms with Crippen LogP contribution in [0.5, 0.6) is 0 Å². The van der Waals surface area contributed by atoms with Crippen molar-refractivity contribution in [2.75, 3.05) is 21.1 Å². The van der Waals surface area contributed by atoms with E-state index in [0.717, 1.165) is 5.82 Å². The number of aromatic amines is 1. The number of carbonyl (C=O) groups excluding carboxylic acids is 1. The van der Waals surface area contributed by atoms with Gasteiger partial charge in [0.25, 0.3) is 11.5 Å². The highest BCUT2D eigenvalue weighted by Crippen LogP contribution is 2.42. The van der Waals surface area contributed by atoms with Crippen LogP contribution in [0.15, 0.2) is 16.3 Å². The lowest BCUT2D eigenvalue weighted by Crippen LogP contribution is -2.52. The van der Waals surface area contributed by atoms with Gasteiger partial charge in [-0.1, -0.05) is 5.73 Å². The molecular formula is C17H27N5O2. The summed E-state index contributed by atoms with van der Waals surface area (Å²) in [5.41, 5.74) is 3.27. The molecule has 1 saturated heterocycles. The molecular weight excluding hydrogens is 306 g/mol. The van der Waals surface area contributed by atoms with Crippen LogP contribution in [0.3, 0.4) is 0 Å². The summed E-state index contributed by atoms with van der Waals surface area (Å²) < 4.78 is 1.29.